The highest BCUT2D eigenvalue weighted by Crippen LogP contribution is 2.11. The molecule has 1 unspecified atom stereocenters. The van der Waals surface area contributed by atoms with E-state index in [9.17, 15) is 9.59 Å². The van der Waals surface area contributed by atoms with Crippen molar-refractivity contribution in [1.82, 2.24) is 5.32 Å². The molecule has 0 radical (unpaired) electrons. The van der Waals surface area contributed by atoms with Gasteiger partial charge in [-0.1, -0.05) is 90.9 Å². The van der Waals surface area contributed by atoms with Crippen molar-refractivity contribution in [3.63, 3.8) is 0 Å². The topological polar surface area (TPSA) is 73.9 Å². The van der Waals surface area contributed by atoms with Crippen LogP contribution in [0.15, 0.2) is 0 Å². The molecule has 0 aromatic carbocycles. The zero-order valence-corrected chi connectivity index (χ0v) is 19.1. The summed E-state index contributed by atoms with van der Waals surface area (Å²) in [6, 6.07) is -0.638. The van der Waals surface area contributed by atoms with Crippen molar-refractivity contribution >= 4 is 12.1 Å². The molecule has 1 atom stereocenters. The number of hydrogen-bond donors (Lipinski definition) is 1. The van der Waals surface area contributed by atoms with Crippen molar-refractivity contribution in [3.05, 3.63) is 0 Å². The smallest absolute Gasteiger partial charge is 0.407 e. The Kier molecular flexibility index (Phi) is 20.5. The number of nitrogens with one attached hydrogen (secondary N) is 1. The first-order valence-electron chi connectivity index (χ1n) is 11.7. The molecule has 0 saturated heterocycles. The Labute approximate surface area is 178 Å². The molecule has 6 heteroatoms. The van der Waals surface area contributed by atoms with Crippen molar-refractivity contribution in [2.75, 3.05) is 26.9 Å². The highest BCUT2D eigenvalue weighted by Gasteiger charge is 2.22. The fourth-order valence-corrected chi connectivity index (χ4v) is 3.11. The van der Waals surface area contributed by atoms with E-state index >= 15 is 0 Å². The summed E-state index contributed by atoms with van der Waals surface area (Å²) in [6.07, 6.45) is 15.1. The van der Waals surface area contributed by atoms with Crippen LogP contribution in [0.4, 0.5) is 4.79 Å². The van der Waals surface area contributed by atoms with E-state index in [1.54, 1.807) is 7.11 Å². The number of carbonyl (C=O) groups excluding carboxylic acids is 2. The van der Waals surface area contributed by atoms with E-state index in [1.165, 1.54) is 44.9 Å². The van der Waals surface area contributed by atoms with Crippen LogP contribution < -0.4 is 5.32 Å². The van der Waals surface area contributed by atoms with Gasteiger partial charge < -0.3 is 19.5 Å². The molecule has 1 amide bonds. The molecule has 0 fully saturated rings. The Bertz CT molecular complexity index is 389. The lowest BCUT2D eigenvalue weighted by atomic mass is 10.1. The predicted molar refractivity (Wildman–Crippen MR) is 117 cm³/mol. The maximum atomic E-state index is 12.4. The van der Waals surface area contributed by atoms with Gasteiger partial charge in [0.25, 0.3) is 0 Å². The molecule has 0 aromatic heterocycles. The lowest BCUT2D eigenvalue weighted by Gasteiger charge is -2.17. The van der Waals surface area contributed by atoms with Crippen LogP contribution in [0, 0.1) is 0 Å². The number of hydrogen-bond acceptors (Lipinski definition) is 5. The summed E-state index contributed by atoms with van der Waals surface area (Å²) in [5.41, 5.74) is 0. The number of rotatable bonds is 20. The molecule has 0 saturated carbocycles. The van der Waals surface area contributed by atoms with Gasteiger partial charge in [-0.05, 0) is 12.8 Å². The van der Waals surface area contributed by atoms with E-state index in [0.29, 0.717) is 19.6 Å². The summed E-state index contributed by atoms with van der Waals surface area (Å²) in [5, 5.41) is 2.65. The average molecular weight is 416 g/mol. The SMILES string of the molecule is CCCCCCCCCCCOC(=O)C(CCCCCC)NC(=O)OCCOC. The van der Waals surface area contributed by atoms with Crippen LogP contribution in [0.2, 0.25) is 0 Å². The van der Waals surface area contributed by atoms with Crippen molar-refractivity contribution in [2.45, 2.75) is 110 Å². The number of ether oxygens (including phenoxy) is 3. The molecular weight excluding hydrogens is 370 g/mol. The normalized spacial score (nSPS) is 11.8. The van der Waals surface area contributed by atoms with Gasteiger partial charge in [-0.15, -0.1) is 0 Å². The minimum Gasteiger partial charge on any atom is -0.464 e. The summed E-state index contributed by atoms with van der Waals surface area (Å²) >= 11 is 0. The largest absolute Gasteiger partial charge is 0.464 e. The van der Waals surface area contributed by atoms with Crippen LogP contribution >= 0.6 is 0 Å². The van der Waals surface area contributed by atoms with Crippen LogP contribution in [0.5, 0.6) is 0 Å². The van der Waals surface area contributed by atoms with Gasteiger partial charge >= 0.3 is 12.1 Å². The van der Waals surface area contributed by atoms with E-state index < -0.39 is 12.1 Å². The van der Waals surface area contributed by atoms with Gasteiger partial charge in [0.2, 0.25) is 0 Å². The van der Waals surface area contributed by atoms with Gasteiger partial charge in [-0.25, -0.2) is 9.59 Å². The quantitative estimate of drug-likeness (QED) is 0.202. The second kappa shape index (κ2) is 21.4. The number of amides is 1. The first-order chi connectivity index (χ1) is 14.2. The first kappa shape index (κ1) is 27.7. The predicted octanol–water partition coefficient (Wildman–Crippen LogP) is 5.77. The van der Waals surface area contributed by atoms with Gasteiger partial charge in [0.05, 0.1) is 13.2 Å². The summed E-state index contributed by atoms with van der Waals surface area (Å²) in [4.78, 5) is 24.3. The van der Waals surface area contributed by atoms with Crippen LogP contribution in [-0.4, -0.2) is 45.0 Å². The standard InChI is InChI=1S/C23H45NO5/c1-4-6-8-10-11-12-13-14-16-18-28-22(25)21(17-15-9-7-5-2)24-23(26)29-20-19-27-3/h21H,4-20H2,1-3H3,(H,24,26). The monoisotopic (exact) mass is 415 g/mol. The number of unbranched alkanes of at least 4 members (excludes halogenated alkanes) is 11. The fourth-order valence-electron chi connectivity index (χ4n) is 3.11. The Hall–Kier alpha value is -1.30. The van der Waals surface area contributed by atoms with E-state index in [0.717, 1.165) is 38.5 Å². The molecule has 6 nitrogen and oxygen atoms in total. The lowest BCUT2D eigenvalue weighted by molar-refractivity contribution is -0.146. The van der Waals surface area contributed by atoms with Gasteiger partial charge in [0, 0.05) is 7.11 Å². The molecule has 0 heterocycles. The number of alkyl carbamates (subject to hydrolysis) is 1. The molecule has 0 bridgehead atoms. The van der Waals surface area contributed by atoms with Crippen molar-refractivity contribution in [1.29, 1.82) is 0 Å². The van der Waals surface area contributed by atoms with Crippen molar-refractivity contribution in [2.24, 2.45) is 0 Å². The zero-order valence-electron chi connectivity index (χ0n) is 19.1. The second-order valence-electron chi connectivity index (χ2n) is 7.67. The average Bonchev–Trinajstić information content (AvgIpc) is 2.71. The van der Waals surface area contributed by atoms with E-state index in [2.05, 4.69) is 19.2 Å². The molecule has 172 valence electrons. The third kappa shape index (κ3) is 18.5. The maximum Gasteiger partial charge on any atom is 0.407 e. The first-order valence-corrected chi connectivity index (χ1v) is 11.7. The van der Waals surface area contributed by atoms with Crippen molar-refractivity contribution < 1.29 is 23.8 Å². The molecule has 1 N–H and O–H groups in total. The molecular formula is C23H45NO5. The van der Waals surface area contributed by atoms with Crippen LogP contribution in [0.1, 0.15) is 104 Å². The van der Waals surface area contributed by atoms with Gasteiger partial charge in [0.1, 0.15) is 12.6 Å². The fraction of sp³-hybridized carbons (Fsp3) is 0.913. The second-order valence-corrected chi connectivity index (χ2v) is 7.67. The number of carbonyl (C=O) groups is 2. The van der Waals surface area contributed by atoms with Crippen LogP contribution in [0.3, 0.4) is 0 Å². The Balaban J connectivity index is 4.03. The molecule has 0 aliphatic heterocycles. The summed E-state index contributed by atoms with van der Waals surface area (Å²) in [7, 11) is 1.54. The van der Waals surface area contributed by atoms with Crippen LogP contribution in [-0.2, 0) is 19.0 Å². The summed E-state index contributed by atoms with van der Waals surface area (Å²) < 4.78 is 15.3. The third-order valence-electron chi connectivity index (χ3n) is 4.94. The molecule has 0 aliphatic carbocycles. The minimum absolute atomic E-state index is 0.165. The molecule has 0 rings (SSSR count). The van der Waals surface area contributed by atoms with E-state index in [-0.39, 0.29) is 12.6 Å². The minimum atomic E-state index is -0.638. The Morgan fingerprint density at radius 3 is 1.83 bits per heavy atom. The van der Waals surface area contributed by atoms with Crippen molar-refractivity contribution in [3.8, 4) is 0 Å². The summed E-state index contributed by atoms with van der Waals surface area (Å²) in [6.45, 7) is 5.29. The third-order valence-corrected chi connectivity index (χ3v) is 4.94. The molecule has 0 aliphatic rings. The highest BCUT2D eigenvalue weighted by atomic mass is 16.6. The van der Waals surface area contributed by atoms with E-state index in [1.807, 2.05) is 0 Å². The number of methoxy groups -OCH3 is 1. The number of esters is 1. The van der Waals surface area contributed by atoms with E-state index in [4.69, 9.17) is 14.2 Å². The Morgan fingerprint density at radius 1 is 0.690 bits per heavy atom. The van der Waals surface area contributed by atoms with Crippen LogP contribution in [0.25, 0.3) is 0 Å². The molecule has 29 heavy (non-hydrogen) atoms. The maximum absolute atomic E-state index is 12.4. The molecule has 0 spiro atoms. The summed E-state index contributed by atoms with van der Waals surface area (Å²) in [5.74, 6) is -0.357. The lowest BCUT2D eigenvalue weighted by Crippen LogP contribution is -2.42. The van der Waals surface area contributed by atoms with Gasteiger partial charge in [0.15, 0.2) is 0 Å². The highest BCUT2D eigenvalue weighted by molar-refractivity contribution is 5.81. The zero-order chi connectivity index (χ0) is 21.6. The van der Waals surface area contributed by atoms with Gasteiger partial charge in [-0.3, -0.25) is 0 Å². The molecule has 0 aromatic rings. The Morgan fingerprint density at radius 2 is 1.24 bits per heavy atom. The van der Waals surface area contributed by atoms with Gasteiger partial charge in [-0.2, -0.15) is 0 Å².